The maximum Gasteiger partial charge on any atom is 0.416 e. The molecule has 0 spiro atoms. The number of benzene rings is 2. The molecule has 3 amide bonds. The van der Waals surface area contributed by atoms with Gasteiger partial charge in [0.1, 0.15) is 5.82 Å². The van der Waals surface area contributed by atoms with E-state index in [0.29, 0.717) is 23.8 Å². The maximum absolute atomic E-state index is 13.6. The number of nitrogens with two attached hydrogens (primary N) is 1. The van der Waals surface area contributed by atoms with Crippen LogP contribution in [0.3, 0.4) is 0 Å². The van der Waals surface area contributed by atoms with Crippen molar-refractivity contribution in [2.75, 3.05) is 10.6 Å². The Balaban J connectivity index is 2.14. The molecule has 5 nitrogen and oxygen atoms in total. The molecule has 0 bridgehead atoms. The van der Waals surface area contributed by atoms with Crippen molar-refractivity contribution in [3.63, 3.8) is 0 Å². The van der Waals surface area contributed by atoms with Crippen LogP contribution in [0.1, 0.15) is 11.1 Å². The van der Waals surface area contributed by atoms with Gasteiger partial charge in [-0.2, -0.15) is 13.2 Å². The molecule has 0 saturated heterocycles. The molecule has 0 atom stereocenters. The normalized spacial score (nSPS) is 10.5. The van der Waals surface area contributed by atoms with Crippen molar-refractivity contribution in [3.05, 3.63) is 59.4 Å². The lowest BCUT2D eigenvalue weighted by atomic mass is 10.2. The van der Waals surface area contributed by atoms with Crippen LogP contribution in [-0.4, -0.2) is 11.9 Å². The Labute approximate surface area is 145 Å². The van der Waals surface area contributed by atoms with E-state index in [1.54, 1.807) is 6.07 Å². The number of primary amides is 1. The Kier molecular flexibility index (Phi) is 5.47. The lowest BCUT2D eigenvalue weighted by molar-refractivity contribution is -0.137. The smallest absolute Gasteiger partial charge is 0.359 e. The maximum atomic E-state index is 13.6. The molecular weight excluding hydrogens is 354 g/mol. The number of hydrogen-bond acceptors (Lipinski definition) is 2. The first kappa shape index (κ1) is 18.8. The summed E-state index contributed by atoms with van der Waals surface area (Å²) in [5.74, 6) is 2.72. The SMILES string of the molecule is NC(=O)C#Cc1cccc(NC(=O)Nc2cc(C(F)(F)F)ccc2F)c1. The Morgan fingerprint density at radius 3 is 2.42 bits per heavy atom. The number of carbonyl (C=O) groups is 2. The lowest BCUT2D eigenvalue weighted by Gasteiger charge is -2.12. The third kappa shape index (κ3) is 5.24. The fraction of sp³-hybridized carbons (Fsp3) is 0.0588. The summed E-state index contributed by atoms with van der Waals surface area (Å²) in [4.78, 5) is 22.5. The Morgan fingerprint density at radius 2 is 1.77 bits per heavy atom. The van der Waals surface area contributed by atoms with Crippen LogP contribution in [0.5, 0.6) is 0 Å². The third-order valence-electron chi connectivity index (χ3n) is 2.99. The molecule has 0 saturated carbocycles. The van der Waals surface area contributed by atoms with Gasteiger partial charge in [0.2, 0.25) is 0 Å². The van der Waals surface area contributed by atoms with Gasteiger partial charge in [0, 0.05) is 11.3 Å². The van der Waals surface area contributed by atoms with Gasteiger partial charge in [-0.25, -0.2) is 9.18 Å². The molecule has 4 N–H and O–H groups in total. The van der Waals surface area contributed by atoms with Crippen LogP contribution in [0.4, 0.5) is 33.7 Å². The third-order valence-corrected chi connectivity index (χ3v) is 2.99. The molecule has 2 rings (SSSR count). The van der Waals surface area contributed by atoms with E-state index in [2.05, 4.69) is 17.2 Å². The minimum absolute atomic E-state index is 0.228. The molecule has 0 unspecified atom stereocenters. The monoisotopic (exact) mass is 365 g/mol. The van der Waals surface area contributed by atoms with E-state index in [0.717, 1.165) is 0 Å². The molecule has 0 radical (unpaired) electrons. The van der Waals surface area contributed by atoms with Gasteiger partial charge in [0.25, 0.3) is 5.91 Å². The molecule has 2 aromatic rings. The molecule has 0 fully saturated rings. The molecule has 0 heterocycles. The Hall–Kier alpha value is -3.54. The molecule has 0 aliphatic heterocycles. The van der Waals surface area contributed by atoms with Gasteiger partial charge in [-0.15, -0.1) is 0 Å². The minimum atomic E-state index is -4.67. The van der Waals surface area contributed by atoms with E-state index in [1.165, 1.54) is 18.2 Å². The van der Waals surface area contributed by atoms with Crippen LogP contribution in [0.15, 0.2) is 42.5 Å². The van der Waals surface area contributed by atoms with Crippen molar-refractivity contribution in [1.82, 2.24) is 0 Å². The Morgan fingerprint density at radius 1 is 1.04 bits per heavy atom. The molecule has 2 aromatic carbocycles. The van der Waals surface area contributed by atoms with E-state index in [4.69, 9.17) is 5.73 Å². The van der Waals surface area contributed by atoms with Gasteiger partial charge in [-0.05, 0) is 42.3 Å². The van der Waals surface area contributed by atoms with Crippen LogP contribution < -0.4 is 16.4 Å². The highest BCUT2D eigenvalue weighted by Gasteiger charge is 2.31. The molecule has 9 heteroatoms. The first-order valence-corrected chi connectivity index (χ1v) is 7.01. The van der Waals surface area contributed by atoms with E-state index in [1.807, 2.05) is 5.32 Å². The van der Waals surface area contributed by atoms with Crippen molar-refractivity contribution in [2.45, 2.75) is 6.18 Å². The highest BCUT2D eigenvalue weighted by molar-refractivity contribution is 6.00. The summed E-state index contributed by atoms with van der Waals surface area (Å²) in [7, 11) is 0. The second kappa shape index (κ2) is 7.57. The summed E-state index contributed by atoms with van der Waals surface area (Å²) in [5, 5.41) is 4.33. The van der Waals surface area contributed by atoms with Crippen LogP contribution in [0.2, 0.25) is 0 Å². The van der Waals surface area contributed by atoms with Crippen LogP contribution in [-0.2, 0) is 11.0 Å². The zero-order valence-corrected chi connectivity index (χ0v) is 12.9. The van der Waals surface area contributed by atoms with Gasteiger partial charge >= 0.3 is 12.2 Å². The fourth-order valence-corrected chi connectivity index (χ4v) is 1.89. The van der Waals surface area contributed by atoms with Gasteiger partial charge in [-0.3, -0.25) is 4.79 Å². The average molecular weight is 365 g/mol. The number of rotatable bonds is 2. The number of alkyl halides is 3. The fourth-order valence-electron chi connectivity index (χ4n) is 1.89. The van der Waals surface area contributed by atoms with E-state index in [9.17, 15) is 27.2 Å². The highest BCUT2D eigenvalue weighted by Crippen LogP contribution is 2.31. The summed E-state index contributed by atoms with van der Waals surface area (Å²) < 4.78 is 51.6. The van der Waals surface area contributed by atoms with E-state index < -0.39 is 35.2 Å². The summed E-state index contributed by atoms with van der Waals surface area (Å²) in [6.07, 6.45) is -4.67. The predicted octanol–water partition coefficient (Wildman–Crippen LogP) is 3.33. The first-order valence-electron chi connectivity index (χ1n) is 7.01. The highest BCUT2D eigenvalue weighted by atomic mass is 19.4. The second-order valence-electron chi connectivity index (χ2n) is 4.97. The molecule has 0 aliphatic carbocycles. The molecular formula is C17H11F4N3O2. The molecule has 0 aromatic heterocycles. The molecule has 0 aliphatic rings. The molecule has 26 heavy (non-hydrogen) atoms. The summed E-state index contributed by atoms with van der Waals surface area (Å²) >= 11 is 0. The van der Waals surface area contributed by atoms with Gasteiger partial charge in [-0.1, -0.05) is 12.0 Å². The van der Waals surface area contributed by atoms with Crippen molar-refractivity contribution < 1.29 is 27.2 Å². The summed E-state index contributed by atoms with van der Waals surface area (Å²) in [6.45, 7) is 0. The van der Waals surface area contributed by atoms with Crippen molar-refractivity contribution in [1.29, 1.82) is 0 Å². The zero-order chi connectivity index (χ0) is 19.3. The summed E-state index contributed by atoms with van der Waals surface area (Å²) in [6, 6.07) is 6.65. The number of anilines is 2. The number of halogens is 4. The number of hydrogen-bond donors (Lipinski definition) is 3. The first-order chi connectivity index (χ1) is 12.1. The van der Waals surface area contributed by atoms with Crippen molar-refractivity contribution in [3.8, 4) is 11.8 Å². The van der Waals surface area contributed by atoms with Crippen molar-refractivity contribution in [2.24, 2.45) is 5.73 Å². The van der Waals surface area contributed by atoms with E-state index in [-0.39, 0.29) is 5.69 Å². The van der Waals surface area contributed by atoms with Gasteiger partial charge in [0.15, 0.2) is 0 Å². The number of urea groups is 1. The quantitative estimate of drug-likeness (QED) is 0.563. The minimum Gasteiger partial charge on any atom is -0.359 e. The topological polar surface area (TPSA) is 84.2 Å². The standard InChI is InChI=1S/C17H11F4N3O2/c18-13-6-5-11(17(19,20)21)9-14(13)24-16(26)23-12-3-1-2-10(8-12)4-7-15(22)25/h1-3,5-6,8-9H,(H2,22,25)(H2,23,24,26). The van der Waals surface area contributed by atoms with Crippen LogP contribution >= 0.6 is 0 Å². The average Bonchev–Trinajstić information content (AvgIpc) is 2.54. The summed E-state index contributed by atoms with van der Waals surface area (Å²) in [5.41, 5.74) is 3.77. The number of nitrogens with one attached hydrogen (secondary N) is 2. The van der Waals surface area contributed by atoms with Gasteiger partial charge in [0.05, 0.1) is 11.3 Å². The van der Waals surface area contributed by atoms with Crippen LogP contribution in [0.25, 0.3) is 0 Å². The van der Waals surface area contributed by atoms with E-state index >= 15 is 0 Å². The van der Waals surface area contributed by atoms with Crippen LogP contribution in [0, 0.1) is 17.7 Å². The number of carbonyl (C=O) groups excluding carboxylic acids is 2. The van der Waals surface area contributed by atoms with Crippen molar-refractivity contribution >= 4 is 23.3 Å². The Bertz CT molecular complexity index is 914. The zero-order valence-electron chi connectivity index (χ0n) is 12.9. The second-order valence-corrected chi connectivity index (χ2v) is 4.97. The van der Waals surface area contributed by atoms with Gasteiger partial charge < -0.3 is 16.4 Å². The molecule has 134 valence electrons. The number of amides is 3. The largest absolute Gasteiger partial charge is 0.416 e. The lowest BCUT2D eigenvalue weighted by Crippen LogP contribution is -2.20. The predicted molar refractivity (Wildman–Crippen MR) is 86.6 cm³/mol.